The van der Waals surface area contributed by atoms with Gasteiger partial charge in [0.2, 0.25) is 5.95 Å². The van der Waals surface area contributed by atoms with Crippen molar-refractivity contribution in [1.29, 1.82) is 0 Å². The SMILES string of the molecule is Nc1nc(Cl)c(N=Nc2ccccc2)c(N[C@H]2CC[C@@H](CO)C2)n1. The number of aliphatic hydroxyl groups excluding tert-OH is 1. The Balaban J connectivity index is 1.84. The van der Waals surface area contributed by atoms with E-state index in [9.17, 15) is 5.11 Å². The number of anilines is 2. The highest BCUT2D eigenvalue weighted by atomic mass is 35.5. The van der Waals surface area contributed by atoms with Crippen LogP contribution in [0.15, 0.2) is 40.6 Å². The van der Waals surface area contributed by atoms with Gasteiger partial charge in [0, 0.05) is 12.6 Å². The molecule has 0 amide bonds. The van der Waals surface area contributed by atoms with E-state index in [1.54, 1.807) is 0 Å². The predicted octanol–water partition coefficient (Wildman–Crippen LogP) is 3.70. The number of hydrogen-bond acceptors (Lipinski definition) is 7. The van der Waals surface area contributed by atoms with Gasteiger partial charge in [-0.3, -0.25) is 0 Å². The van der Waals surface area contributed by atoms with E-state index in [0.717, 1.165) is 19.3 Å². The maximum atomic E-state index is 9.27. The fourth-order valence-corrected chi connectivity index (χ4v) is 3.01. The number of halogens is 1. The van der Waals surface area contributed by atoms with Crippen molar-refractivity contribution < 1.29 is 5.11 Å². The molecule has 0 spiro atoms. The molecule has 1 aliphatic rings. The van der Waals surface area contributed by atoms with Crippen molar-refractivity contribution >= 4 is 34.7 Å². The quantitative estimate of drug-likeness (QED) is 0.565. The zero-order valence-electron chi connectivity index (χ0n) is 13.1. The van der Waals surface area contributed by atoms with E-state index in [2.05, 4.69) is 25.5 Å². The van der Waals surface area contributed by atoms with Gasteiger partial charge < -0.3 is 16.2 Å². The minimum Gasteiger partial charge on any atom is -0.396 e. The van der Waals surface area contributed by atoms with Crippen LogP contribution in [0.25, 0.3) is 0 Å². The number of hydrogen-bond donors (Lipinski definition) is 3. The second kappa shape index (κ2) is 7.55. The molecule has 1 fully saturated rings. The molecule has 1 aromatic heterocycles. The Hall–Kier alpha value is -2.25. The highest BCUT2D eigenvalue weighted by Crippen LogP contribution is 2.35. The number of azo groups is 1. The normalized spacial score (nSPS) is 20.6. The first-order valence-electron chi connectivity index (χ1n) is 7.83. The number of nitrogen functional groups attached to an aromatic ring is 1. The van der Waals surface area contributed by atoms with Gasteiger partial charge in [0.25, 0.3) is 0 Å². The van der Waals surface area contributed by atoms with Crippen molar-refractivity contribution in [3.63, 3.8) is 0 Å². The topological polar surface area (TPSA) is 109 Å². The van der Waals surface area contributed by atoms with E-state index in [4.69, 9.17) is 17.3 Å². The standard InChI is InChI=1S/C16H19ClN6O/c17-14-13(23-22-11-4-2-1-3-5-11)15(21-16(18)20-14)19-12-7-6-10(8-12)9-24/h1-5,10,12,24H,6-9H2,(H3,18,19,20,21)/t10-,12+/m1/s1. The van der Waals surface area contributed by atoms with Crippen molar-refractivity contribution in [2.24, 2.45) is 16.1 Å². The first-order chi connectivity index (χ1) is 11.7. The van der Waals surface area contributed by atoms with Crippen LogP contribution in [-0.4, -0.2) is 27.7 Å². The summed E-state index contributed by atoms with van der Waals surface area (Å²) < 4.78 is 0. The summed E-state index contributed by atoms with van der Waals surface area (Å²) in [4.78, 5) is 8.17. The van der Waals surface area contributed by atoms with Gasteiger partial charge >= 0.3 is 0 Å². The second-order valence-corrected chi connectivity index (χ2v) is 6.17. The minimum atomic E-state index is 0.0814. The highest BCUT2D eigenvalue weighted by Gasteiger charge is 2.25. The molecule has 1 aliphatic carbocycles. The van der Waals surface area contributed by atoms with E-state index in [1.165, 1.54) is 0 Å². The molecule has 7 nitrogen and oxygen atoms in total. The lowest BCUT2D eigenvalue weighted by molar-refractivity contribution is 0.229. The van der Waals surface area contributed by atoms with Crippen LogP contribution in [0.2, 0.25) is 5.15 Å². The number of nitrogens with two attached hydrogens (primary N) is 1. The number of aromatic nitrogens is 2. The first-order valence-corrected chi connectivity index (χ1v) is 8.20. The molecule has 0 unspecified atom stereocenters. The molecule has 4 N–H and O–H groups in total. The molecule has 126 valence electrons. The average Bonchev–Trinajstić information content (AvgIpc) is 3.02. The molecule has 8 heteroatoms. The lowest BCUT2D eigenvalue weighted by Gasteiger charge is -2.15. The van der Waals surface area contributed by atoms with E-state index >= 15 is 0 Å². The summed E-state index contributed by atoms with van der Waals surface area (Å²) in [6.45, 7) is 0.200. The Bertz CT molecular complexity index is 724. The number of benzene rings is 1. The summed E-state index contributed by atoms with van der Waals surface area (Å²) in [6.07, 6.45) is 2.79. The molecule has 0 saturated heterocycles. The lowest BCUT2D eigenvalue weighted by Crippen LogP contribution is -2.18. The molecule has 24 heavy (non-hydrogen) atoms. The van der Waals surface area contributed by atoms with Crippen LogP contribution in [0.5, 0.6) is 0 Å². The molecule has 1 saturated carbocycles. The van der Waals surface area contributed by atoms with E-state index in [0.29, 0.717) is 23.1 Å². The summed E-state index contributed by atoms with van der Waals surface area (Å²) in [6, 6.07) is 9.53. The third-order valence-corrected chi connectivity index (χ3v) is 4.28. The van der Waals surface area contributed by atoms with Gasteiger partial charge in [-0.25, -0.2) is 0 Å². The van der Waals surface area contributed by atoms with Crippen LogP contribution >= 0.6 is 11.6 Å². The molecule has 3 rings (SSSR count). The van der Waals surface area contributed by atoms with Crippen molar-refractivity contribution in [2.45, 2.75) is 25.3 Å². The van der Waals surface area contributed by atoms with Crippen molar-refractivity contribution in [1.82, 2.24) is 9.97 Å². The highest BCUT2D eigenvalue weighted by molar-refractivity contribution is 6.32. The Labute approximate surface area is 145 Å². The van der Waals surface area contributed by atoms with Gasteiger partial charge in [0.05, 0.1) is 5.69 Å². The Kier molecular flexibility index (Phi) is 5.22. The van der Waals surface area contributed by atoms with Crippen LogP contribution in [0, 0.1) is 5.92 Å². The van der Waals surface area contributed by atoms with E-state index < -0.39 is 0 Å². The van der Waals surface area contributed by atoms with Gasteiger partial charge in [0.15, 0.2) is 16.7 Å². The monoisotopic (exact) mass is 346 g/mol. The molecule has 2 atom stereocenters. The summed E-state index contributed by atoms with van der Waals surface area (Å²) in [5, 5.41) is 21.1. The smallest absolute Gasteiger partial charge is 0.223 e. The minimum absolute atomic E-state index is 0.0814. The van der Waals surface area contributed by atoms with Crippen LogP contribution in [0.1, 0.15) is 19.3 Å². The third kappa shape index (κ3) is 3.98. The predicted molar refractivity (Wildman–Crippen MR) is 93.9 cm³/mol. The van der Waals surface area contributed by atoms with Crippen LogP contribution < -0.4 is 11.1 Å². The zero-order valence-corrected chi connectivity index (χ0v) is 13.8. The molecule has 1 heterocycles. The number of nitrogens with one attached hydrogen (secondary N) is 1. The molecule has 1 aromatic carbocycles. The Morgan fingerprint density at radius 3 is 2.71 bits per heavy atom. The fraction of sp³-hybridized carbons (Fsp3) is 0.375. The number of aliphatic hydroxyl groups is 1. The summed E-state index contributed by atoms with van der Waals surface area (Å²) in [5.74, 6) is 0.861. The fourth-order valence-electron chi connectivity index (χ4n) is 2.80. The van der Waals surface area contributed by atoms with E-state index in [1.807, 2.05) is 30.3 Å². The summed E-state index contributed by atoms with van der Waals surface area (Å²) in [7, 11) is 0. The van der Waals surface area contributed by atoms with Gasteiger partial charge in [-0.15, -0.1) is 5.11 Å². The number of nitrogens with zero attached hydrogens (tertiary/aromatic N) is 4. The maximum Gasteiger partial charge on any atom is 0.223 e. The van der Waals surface area contributed by atoms with Gasteiger partial charge in [0.1, 0.15) is 0 Å². The zero-order chi connectivity index (χ0) is 16.9. The van der Waals surface area contributed by atoms with Crippen molar-refractivity contribution in [3.05, 3.63) is 35.5 Å². The van der Waals surface area contributed by atoms with Gasteiger partial charge in [-0.05, 0) is 37.3 Å². The summed E-state index contributed by atoms with van der Waals surface area (Å²) in [5.41, 5.74) is 6.77. The molecule has 0 aliphatic heterocycles. The van der Waals surface area contributed by atoms with Crippen LogP contribution in [0.3, 0.4) is 0 Å². The van der Waals surface area contributed by atoms with Crippen LogP contribution in [-0.2, 0) is 0 Å². The lowest BCUT2D eigenvalue weighted by atomic mass is 10.1. The maximum absolute atomic E-state index is 9.27. The summed E-state index contributed by atoms with van der Waals surface area (Å²) >= 11 is 6.18. The van der Waals surface area contributed by atoms with Crippen LogP contribution in [0.4, 0.5) is 23.1 Å². The average molecular weight is 347 g/mol. The Morgan fingerprint density at radius 1 is 1.21 bits per heavy atom. The van der Waals surface area contributed by atoms with Gasteiger partial charge in [-0.1, -0.05) is 29.8 Å². The molecule has 0 bridgehead atoms. The second-order valence-electron chi connectivity index (χ2n) is 5.81. The molecule has 2 aromatic rings. The molecule has 0 radical (unpaired) electrons. The third-order valence-electron chi connectivity index (χ3n) is 4.02. The van der Waals surface area contributed by atoms with Crippen molar-refractivity contribution in [3.8, 4) is 0 Å². The number of rotatable bonds is 5. The van der Waals surface area contributed by atoms with Crippen molar-refractivity contribution in [2.75, 3.05) is 17.7 Å². The molecular formula is C16H19ClN6O. The van der Waals surface area contributed by atoms with Gasteiger partial charge in [-0.2, -0.15) is 15.1 Å². The largest absolute Gasteiger partial charge is 0.396 e. The Morgan fingerprint density at radius 2 is 2.00 bits per heavy atom. The first kappa shape index (κ1) is 16.6. The molecular weight excluding hydrogens is 328 g/mol. The van der Waals surface area contributed by atoms with E-state index in [-0.39, 0.29) is 23.8 Å².